The van der Waals surface area contributed by atoms with Crippen LogP contribution < -0.4 is 4.31 Å². The van der Waals surface area contributed by atoms with Crippen LogP contribution in [-0.4, -0.2) is 33.0 Å². The van der Waals surface area contributed by atoms with E-state index in [1.165, 1.54) is 12.1 Å². The quantitative estimate of drug-likeness (QED) is 0.373. The molecule has 0 aliphatic rings. The highest BCUT2D eigenvalue weighted by Crippen LogP contribution is 2.35. The number of carbonyl (C=O) groups excluding carboxylic acids is 1. The maximum absolute atomic E-state index is 13.1. The van der Waals surface area contributed by atoms with E-state index >= 15 is 0 Å². The Bertz CT molecular complexity index is 1010. The van der Waals surface area contributed by atoms with Crippen molar-refractivity contribution in [2.24, 2.45) is 0 Å². The van der Waals surface area contributed by atoms with Gasteiger partial charge in [0.15, 0.2) is 0 Å². The summed E-state index contributed by atoms with van der Waals surface area (Å²) < 4.78 is 31.3. The predicted octanol–water partition coefficient (Wildman–Crippen LogP) is 3.92. The van der Waals surface area contributed by atoms with Crippen molar-refractivity contribution in [3.63, 3.8) is 0 Å². The lowest BCUT2D eigenvalue weighted by Crippen LogP contribution is -2.36. The molecule has 0 unspecified atom stereocenters. The summed E-state index contributed by atoms with van der Waals surface area (Å²) in [7, 11) is -3.31. The Morgan fingerprint density at radius 1 is 1.11 bits per heavy atom. The van der Waals surface area contributed by atoms with Gasteiger partial charge in [-0.3, -0.25) is 19.2 Å². The van der Waals surface area contributed by atoms with Gasteiger partial charge in [-0.15, -0.1) is 0 Å². The van der Waals surface area contributed by atoms with Gasteiger partial charge >= 0.3 is 5.97 Å². The third-order valence-electron chi connectivity index (χ3n) is 3.39. The molecule has 8 nitrogen and oxygen atoms in total. The summed E-state index contributed by atoms with van der Waals surface area (Å²) in [5.74, 6) is -0.902. The van der Waals surface area contributed by atoms with E-state index in [2.05, 4.69) is 4.74 Å². The van der Waals surface area contributed by atoms with E-state index in [1.54, 1.807) is 0 Å². The molecule has 0 amide bonds. The van der Waals surface area contributed by atoms with E-state index in [4.69, 9.17) is 34.8 Å². The zero-order valence-corrected chi connectivity index (χ0v) is 16.6. The molecular weight excluding hydrogens is 443 g/mol. The van der Waals surface area contributed by atoms with E-state index < -0.39 is 33.1 Å². The number of carbonyl (C=O) groups is 1. The fourth-order valence-electron chi connectivity index (χ4n) is 2.05. The van der Waals surface area contributed by atoms with Crippen LogP contribution in [0.3, 0.4) is 0 Å². The lowest BCUT2D eigenvalue weighted by Gasteiger charge is -2.24. The van der Waals surface area contributed by atoms with Gasteiger partial charge in [0.1, 0.15) is 6.54 Å². The van der Waals surface area contributed by atoms with E-state index in [0.29, 0.717) is 4.31 Å². The van der Waals surface area contributed by atoms with Gasteiger partial charge < -0.3 is 4.74 Å². The molecular formula is C15H11Cl3N2O6S. The number of nitro benzene ring substituents is 1. The summed E-state index contributed by atoms with van der Waals surface area (Å²) in [5.41, 5.74) is -0.670. The first-order valence-corrected chi connectivity index (χ1v) is 9.64. The molecule has 0 aliphatic heterocycles. The lowest BCUT2D eigenvalue weighted by atomic mass is 10.3. The maximum atomic E-state index is 13.1. The van der Waals surface area contributed by atoms with Crippen LogP contribution in [0.2, 0.25) is 15.1 Å². The fraction of sp³-hybridized carbons (Fsp3) is 0.133. The largest absolute Gasteiger partial charge is 0.468 e. The summed E-state index contributed by atoms with van der Waals surface area (Å²) in [6, 6.07) is 6.74. The van der Waals surface area contributed by atoms with Gasteiger partial charge in [-0.25, -0.2) is 8.42 Å². The lowest BCUT2D eigenvalue weighted by molar-refractivity contribution is -0.384. The van der Waals surface area contributed by atoms with Crippen LogP contribution in [0.15, 0.2) is 41.3 Å². The smallest absolute Gasteiger partial charge is 0.326 e. The number of sulfonamides is 1. The summed E-state index contributed by atoms with van der Waals surface area (Å²) in [4.78, 5) is 21.8. The third kappa shape index (κ3) is 4.62. The number of benzene rings is 2. The van der Waals surface area contributed by atoms with Crippen LogP contribution in [0, 0.1) is 10.1 Å². The van der Waals surface area contributed by atoms with Crippen molar-refractivity contribution in [3.05, 3.63) is 61.6 Å². The van der Waals surface area contributed by atoms with E-state index in [9.17, 15) is 23.3 Å². The molecule has 0 fully saturated rings. The Balaban J connectivity index is 2.67. The van der Waals surface area contributed by atoms with Crippen molar-refractivity contribution in [2.45, 2.75) is 4.90 Å². The topological polar surface area (TPSA) is 107 Å². The first-order valence-electron chi connectivity index (χ1n) is 7.06. The molecule has 2 aromatic carbocycles. The molecule has 27 heavy (non-hydrogen) atoms. The predicted molar refractivity (Wildman–Crippen MR) is 101 cm³/mol. The zero-order valence-electron chi connectivity index (χ0n) is 13.6. The van der Waals surface area contributed by atoms with Crippen LogP contribution in [-0.2, 0) is 19.6 Å². The van der Waals surface area contributed by atoms with E-state index in [0.717, 1.165) is 31.4 Å². The van der Waals surface area contributed by atoms with Crippen LogP contribution in [0.1, 0.15) is 0 Å². The first-order chi connectivity index (χ1) is 12.6. The maximum Gasteiger partial charge on any atom is 0.326 e. The molecule has 0 atom stereocenters. The number of ether oxygens (including phenoxy) is 1. The average molecular weight is 454 g/mol. The average Bonchev–Trinajstić information content (AvgIpc) is 2.61. The summed E-state index contributed by atoms with van der Waals surface area (Å²) in [5, 5.41) is 11.0. The van der Waals surface area contributed by atoms with E-state index in [-0.39, 0.29) is 25.7 Å². The Labute approximate surface area is 169 Å². The van der Waals surface area contributed by atoms with Crippen LogP contribution in [0.5, 0.6) is 0 Å². The second-order valence-corrected chi connectivity index (χ2v) is 8.14. The number of anilines is 1. The number of non-ortho nitro benzene ring substituents is 1. The second kappa shape index (κ2) is 8.30. The zero-order chi connectivity index (χ0) is 20.4. The number of nitrogens with zero attached hydrogens (tertiary/aromatic N) is 2. The second-order valence-electron chi connectivity index (χ2n) is 5.06. The molecule has 0 aliphatic carbocycles. The van der Waals surface area contributed by atoms with Crippen molar-refractivity contribution >= 4 is 62.2 Å². The van der Waals surface area contributed by atoms with Crippen LogP contribution in [0.4, 0.5) is 11.4 Å². The minimum absolute atomic E-state index is 0.0269. The van der Waals surface area contributed by atoms with Gasteiger partial charge in [-0.1, -0.05) is 34.8 Å². The molecule has 0 aromatic heterocycles. The normalized spacial score (nSPS) is 11.1. The van der Waals surface area contributed by atoms with Gasteiger partial charge in [-0.2, -0.15) is 0 Å². The molecule has 0 saturated heterocycles. The molecule has 144 valence electrons. The standard InChI is InChI=1S/C15H11Cl3N2O6S/c1-26-15(21)8-19(14-6-9(20(22)23)2-4-12(14)17)27(24,25)10-3-5-11(16)13(18)7-10/h2-7H,8H2,1H3. The Kier molecular flexibility index (Phi) is 6.53. The fourth-order valence-corrected chi connectivity index (χ4v) is 4.13. The number of hydrogen-bond donors (Lipinski definition) is 0. The number of rotatable bonds is 6. The third-order valence-corrected chi connectivity index (χ3v) is 6.20. The summed E-state index contributed by atoms with van der Waals surface area (Å²) >= 11 is 17.7. The number of halogens is 3. The van der Waals surface area contributed by atoms with Crippen molar-refractivity contribution in [3.8, 4) is 0 Å². The molecule has 0 radical (unpaired) electrons. The van der Waals surface area contributed by atoms with Gasteiger partial charge in [0, 0.05) is 12.1 Å². The molecule has 0 N–H and O–H groups in total. The molecule has 12 heteroatoms. The van der Waals surface area contributed by atoms with Gasteiger partial charge in [0.05, 0.1) is 37.7 Å². The highest BCUT2D eigenvalue weighted by Gasteiger charge is 2.30. The van der Waals surface area contributed by atoms with Crippen molar-refractivity contribution in [1.29, 1.82) is 0 Å². The van der Waals surface area contributed by atoms with Crippen molar-refractivity contribution in [1.82, 2.24) is 0 Å². The van der Waals surface area contributed by atoms with Gasteiger partial charge in [0.25, 0.3) is 15.7 Å². The number of nitro groups is 1. The summed E-state index contributed by atoms with van der Waals surface area (Å²) in [6.45, 7) is -0.764. The van der Waals surface area contributed by atoms with Gasteiger partial charge in [0.2, 0.25) is 0 Å². The molecule has 0 bridgehead atoms. The minimum Gasteiger partial charge on any atom is -0.468 e. The molecule has 2 aromatic rings. The summed E-state index contributed by atoms with van der Waals surface area (Å²) in [6.07, 6.45) is 0. The van der Waals surface area contributed by atoms with Gasteiger partial charge in [-0.05, 0) is 24.3 Å². The number of methoxy groups -OCH3 is 1. The molecule has 0 saturated carbocycles. The Morgan fingerprint density at radius 2 is 1.74 bits per heavy atom. The minimum atomic E-state index is -4.38. The van der Waals surface area contributed by atoms with Crippen molar-refractivity contribution in [2.75, 3.05) is 18.0 Å². The number of esters is 1. The SMILES string of the molecule is COC(=O)CN(c1cc([N+](=O)[O-])ccc1Cl)S(=O)(=O)c1ccc(Cl)c(Cl)c1. The Morgan fingerprint density at radius 3 is 2.30 bits per heavy atom. The molecule has 0 heterocycles. The molecule has 2 rings (SSSR count). The number of hydrogen-bond acceptors (Lipinski definition) is 6. The van der Waals surface area contributed by atoms with Crippen molar-refractivity contribution < 1.29 is 22.9 Å². The van der Waals surface area contributed by atoms with Crippen LogP contribution >= 0.6 is 34.8 Å². The molecule has 0 spiro atoms. The first kappa shape index (κ1) is 21.2. The van der Waals surface area contributed by atoms with Crippen LogP contribution in [0.25, 0.3) is 0 Å². The van der Waals surface area contributed by atoms with E-state index in [1.807, 2.05) is 0 Å². The monoisotopic (exact) mass is 452 g/mol. The highest BCUT2D eigenvalue weighted by molar-refractivity contribution is 7.92. The highest BCUT2D eigenvalue weighted by atomic mass is 35.5. The Hall–Kier alpha value is -2.07.